The molecule has 0 aromatic heterocycles. The Morgan fingerprint density at radius 2 is 2.06 bits per heavy atom. The van der Waals surface area contributed by atoms with Crippen molar-refractivity contribution in [2.24, 2.45) is 0 Å². The summed E-state index contributed by atoms with van der Waals surface area (Å²) in [5.74, 6) is -0.486. The molecule has 0 fully saturated rings. The molecule has 1 amide bonds. The molecule has 1 aromatic rings. The summed E-state index contributed by atoms with van der Waals surface area (Å²) < 4.78 is 13.6. The highest BCUT2D eigenvalue weighted by Crippen LogP contribution is 2.20. The number of halogens is 1. The maximum absolute atomic E-state index is 13.6. The van der Waals surface area contributed by atoms with E-state index in [2.05, 4.69) is 0 Å². The first kappa shape index (κ1) is 13.3. The van der Waals surface area contributed by atoms with Gasteiger partial charge in [-0.05, 0) is 32.9 Å². The highest BCUT2D eigenvalue weighted by Gasteiger charge is 2.26. The molecule has 0 heterocycles. The number of nitrogen functional groups attached to an aromatic ring is 1. The fraction of sp³-hybridized carbons (Fsp3) is 0.417. The Labute approximate surface area is 99.8 Å². The van der Waals surface area contributed by atoms with Crippen LogP contribution >= 0.6 is 0 Å². The normalized spacial score (nSPS) is 11.3. The summed E-state index contributed by atoms with van der Waals surface area (Å²) >= 11 is 0. The third-order valence-electron chi connectivity index (χ3n) is 2.45. The minimum absolute atomic E-state index is 0.00491. The molecule has 5 heteroatoms. The molecule has 0 saturated carbocycles. The van der Waals surface area contributed by atoms with Gasteiger partial charge in [-0.25, -0.2) is 9.18 Å². The lowest BCUT2D eigenvalue weighted by molar-refractivity contribution is 0.0949. The van der Waals surface area contributed by atoms with Gasteiger partial charge in [-0.1, -0.05) is 6.07 Å². The largest absolute Gasteiger partial charge is 0.465 e. The third-order valence-corrected chi connectivity index (χ3v) is 2.45. The van der Waals surface area contributed by atoms with E-state index < -0.39 is 17.4 Å². The van der Waals surface area contributed by atoms with E-state index in [1.807, 2.05) is 0 Å². The van der Waals surface area contributed by atoms with Crippen LogP contribution in [0.2, 0.25) is 0 Å². The Bertz CT molecular complexity index is 427. The zero-order valence-electron chi connectivity index (χ0n) is 10.2. The Morgan fingerprint density at radius 1 is 1.47 bits per heavy atom. The third kappa shape index (κ3) is 3.34. The van der Waals surface area contributed by atoms with Crippen LogP contribution in [-0.2, 0) is 6.54 Å². The fourth-order valence-electron chi connectivity index (χ4n) is 1.45. The number of benzene rings is 1. The van der Waals surface area contributed by atoms with Crippen LogP contribution in [0.15, 0.2) is 18.2 Å². The molecule has 0 aliphatic heterocycles. The van der Waals surface area contributed by atoms with Gasteiger partial charge in [0, 0.05) is 16.8 Å². The van der Waals surface area contributed by atoms with Crippen LogP contribution in [0, 0.1) is 5.82 Å². The summed E-state index contributed by atoms with van der Waals surface area (Å²) in [6, 6.07) is 4.26. The SMILES string of the molecule is CC(C)(C)N(Cc1ccc(N)cc1F)C(=O)O. The average molecular weight is 240 g/mol. The second-order valence-electron chi connectivity index (χ2n) is 4.89. The van der Waals surface area contributed by atoms with Gasteiger partial charge in [0.15, 0.2) is 0 Å². The minimum Gasteiger partial charge on any atom is -0.465 e. The average Bonchev–Trinajstić information content (AvgIpc) is 2.13. The molecule has 1 aromatic carbocycles. The van der Waals surface area contributed by atoms with Crippen molar-refractivity contribution in [3.63, 3.8) is 0 Å². The molecule has 0 aliphatic carbocycles. The van der Waals surface area contributed by atoms with Crippen molar-refractivity contribution in [2.75, 3.05) is 5.73 Å². The number of rotatable bonds is 2. The molecule has 0 aliphatic rings. The summed E-state index contributed by atoms with van der Waals surface area (Å²) in [4.78, 5) is 12.3. The molecule has 1 rings (SSSR count). The molecule has 0 saturated heterocycles. The number of hydrogen-bond acceptors (Lipinski definition) is 2. The molecule has 0 atom stereocenters. The number of amides is 1. The van der Waals surface area contributed by atoms with Crippen LogP contribution in [-0.4, -0.2) is 21.6 Å². The second-order valence-corrected chi connectivity index (χ2v) is 4.89. The molecule has 3 N–H and O–H groups in total. The van der Waals surface area contributed by atoms with E-state index in [1.54, 1.807) is 26.8 Å². The Hall–Kier alpha value is -1.78. The van der Waals surface area contributed by atoms with Gasteiger partial charge in [-0.2, -0.15) is 0 Å². The van der Waals surface area contributed by atoms with Gasteiger partial charge < -0.3 is 10.8 Å². The van der Waals surface area contributed by atoms with Crippen LogP contribution < -0.4 is 5.73 Å². The van der Waals surface area contributed by atoms with E-state index in [1.165, 1.54) is 17.0 Å². The van der Waals surface area contributed by atoms with E-state index in [0.717, 1.165) is 0 Å². The molecule has 0 bridgehead atoms. The van der Waals surface area contributed by atoms with Crippen LogP contribution in [0.3, 0.4) is 0 Å². The molecule has 4 nitrogen and oxygen atoms in total. The van der Waals surface area contributed by atoms with Gasteiger partial charge >= 0.3 is 6.09 Å². The Balaban J connectivity index is 2.98. The maximum atomic E-state index is 13.6. The van der Waals surface area contributed by atoms with Crippen molar-refractivity contribution in [3.8, 4) is 0 Å². The topological polar surface area (TPSA) is 66.6 Å². The summed E-state index contributed by atoms with van der Waals surface area (Å²) in [6.45, 7) is 5.29. The van der Waals surface area contributed by atoms with E-state index in [-0.39, 0.29) is 6.54 Å². The van der Waals surface area contributed by atoms with Gasteiger partial charge in [0.25, 0.3) is 0 Å². The minimum atomic E-state index is -1.08. The standard InChI is InChI=1S/C12H17FN2O2/c1-12(2,3)15(11(16)17)7-8-4-5-9(14)6-10(8)13/h4-6H,7,14H2,1-3H3,(H,16,17). The van der Waals surface area contributed by atoms with Crippen LogP contribution in [0.25, 0.3) is 0 Å². The van der Waals surface area contributed by atoms with Crippen molar-refractivity contribution >= 4 is 11.8 Å². The van der Waals surface area contributed by atoms with Crippen molar-refractivity contribution in [1.82, 2.24) is 4.90 Å². The molecular weight excluding hydrogens is 223 g/mol. The van der Waals surface area contributed by atoms with Crippen LogP contribution in [0.5, 0.6) is 0 Å². The van der Waals surface area contributed by atoms with Crippen molar-refractivity contribution in [3.05, 3.63) is 29.6 Å². The quantitative estimate of drug-likeness (QED) is 0.781. The smallest absolute Gasteiger partial charge is 0.408 e. The van der Waals surface area contributed by atoms with Crippen molar-refractivity contribution in [2.45, 2.75) is 32.9 Å². The highest BCUT2D eigenvalue weighted by molar-refractivity contribution is 5.66. The van der Waals surface area contributed by atoms with Gasteiger partial charge in [0.1, 0.15) is 5.82 Å². The lowest BCUT2D eigenvalue weighted by atomic mass is 10.0. The highest BCUT2D eigenvalue weighted by atomic mass is 19.1. The molecule has 0 radical (unpaired) electrons. The molecule has 0 unspecified atom stereocenters. The van der Waals surface area contributed by atoms with Crippen molar-refractivity contribution in [1.29, 1.82) is 0 Å². The lowest BCUT2D eigenvalue weighted by Crippen LogP contribution is -2.44. The van der Waals surface area contributed by atoms with Gasteiger partial charge in [0.2, 0.25) is 0 Å². The predicted molar refractivity (Wildman–Crippen MR) is 64.1 cm³/mol. The predicted octanol–water partition coefficient (Wildman–Crippen LogP) is 2.69. The Morgan fingerprint density at radius 3 is 2.47 bits per heavy atom. The Kier molecular flexibility index (Phi) is 3.60. The molecule has 0 spiro atoms. The second kappa shape index (κ2) is 4.61. The number of carbonyl (C=O) groups is 1. The molecule has 94 valence electrons. The van der Waals surface area contributed by atoms with Crippen molar-refractivity contribution < 1.29 is 14.3 Å². The first-order valence-corrected chi connectivity index (χ1v) is 5.26. The van der Waals surface area contributed by atoms with E-state index in [0.29, 0.717) is 11.3 Å². The summed E-state index contributed by atoms with van der Waals surface area (Å²) in [6.07, 6.45) is -1.08. The first-order chi connectivity index (χ1) is 7.71. The zero-order chi connectivity index (χ0) is 13.2. The molecular formula is C12H17FN2O2. The van der Waals surface area contributed by atoms with Gasteiger partial charge in [-0.3, -0.25) is 4.90 Å². The van der Waals surface area contributed by atoms with Gasteiger partial charge in [-0.15, -0.1) is 0 Å². The zero-order valence-corrected chi connectivity index (χ0v) is 10.2. The first-order valence-electron chi connectivity index (χ1n) is 5.26. The van der Waals surface area contributed by atoms with Gasteiger partial charge in [0.05, 0.1) is 6.54 Å². The number of nitrogens with two attached hydrogens (primary N) is 1. The number of carboxylic acid groups (broad SMARTS) is 1. The van der Waals surface area contributed by atoms with Crippen LogP contribution in [0.4, 0.5) is 14.9 Å². The van der Waals surface area contributed by atoms with E-state index >= 15 is 0 Å². The monoisotopic (exact) mass is 240 g/mol. The number of hydrogen-bond donors (Lipinski definition) is 2. The number of anilines is 1. The van der Waals surface area contributed by atoms with E-state index in [9.17, 15) is 9.18 Å². The molecule has 17 heavy (non-hydrogen) atoms. The summed E-state index contributed by atoms with van der Waals surface area (Å²) in [5, 5.41) is 9.09. The van der Waals surface area contributed by atoms with Crippen LogP contribution in [0.1, 0.15) is 26.3 Å². The fourth-order valence-corrected chi connectivity index (χ4v) is 1.45. The summed E-state index contributed by atoms with van der Waals surface area (Å²) in [5.41, 5.74) is 5.49. The van der Waals surface area contributed by atoms with E-state index in [4.69, 9.17) is 10.8 Å². The lowest BCUT2D eigenvalue weighted by Gasteiger charge is -2.33. The number of nitrogens with zero attached hydrogens (tertiary/aromatic N) is 1. The summed E-state index contributed by atoms with van der Waals surface area (Å²) in [7, 11) is 0. The maximum Gasteiger partial charge on any atom is 0.408 e.